The summed E-state index contributed by atoms with van der Waals surface area (Å²) < 4.78 is 17.0. The van der Waals surface area contributed by atoms with Crippen molar-refractivity contribution < 1.29 is 19.0 Å². The molecule has 0 heterocycles. The van der Waals surface area contributed by atoms with E-state index in [2.05, 4.69) is 19.2 Å². The Kier molecular flexibility index (Phi) is 7.93. The number of ether oxygens (including phenoxy) is 3. The van der Waals surface area contributed by atoms with Crippen LogP contribution in [0.5, 0.6) is 17.2 Å². The minimum Gasteiger partial charge on any atom is -0.493 e. The summed E-state index contributed by atoms with van der Waals surface area (Å²) in [5.74, 6) is 2.27. The van der Waals surface area contributed by atoms with Gasteiger partial charge in [-0.1, -0.05) is 44.2 Å². The van der Waals surface area contributed by atoms with Crippen LogP contribution in [-0.4, -0.2) is 19.6 Å². The van der Waals surface area contributed by atoms with E-state index < -0.39 is 0 Å². The van der Waals surface area contributed by atoms with E-state index in [1.807, 2.05) is 54.6 Å². The zero-order chi connectivity index (χ0) is 22.1. The van der Waals surface area contributed by atoms with E-state index in [1.54, 1.807) is 25.3 Å². The Morgan fingerprint density at radius 3 is 2.32 bits per heavy atom. The summed E-state index contributed by atoms with van der Waals surface area (Å²) in [6.45, 7) is 5.40. The number of methoxy groups -OCH3 is 1. The maximum absolute atomic E-state index is 12.7. The topological polar surface area (TPSA) is 56.8 Å². The minimum atomic E-state index is -0.218. The molecule has 162 valence electrons. The van der Waals surface area contributed by atoms with Crippen LogP contribution in [0.25, 0.3) is 0 Å². The Hall–Kier alpha value is -3.47. The first-order valence-electron chi connectivity index (χ1n) is 10.4. The van der Waals surface area contributed by atoms with Gasteiger partial charge in [-0.2, -0.15) is 0 Å². The molecule has 0 aromatic heterocycles. The van der Waals surface area contributed by atoms with E-state index in [9.17, 15) is 4.79 Å². The molecule has 3 rings (SSSR count). The maximum Gasteiger partial charge on any atom is 0.255 e. The zero-order valence-corrected chi connectivity index (χ0v) is 18.3. The third kappa shape index (κ3) is 6.78. The summed E-state index contributed by atoms with van der Waals surface area (Å²) in [5.41, 5.74) is 2.29. The second-order valence-electron chi connectivity index (χ2n) is 7.65. The van der Waals surface area contributed by atoms with Gasteiger partial charge < -0.3 is 19.5 Å². The lowest BCUT2D eigenvalue weighted by Crippen LogP contribution is -2.12. The van der Waals surface area contributed by atoms with E-state index in [0.29, 0.717) is 41.9 Å². The Bertz CT molecular complexity index is 968. The first-order valence-corrected chi connectivity index (χ1v) is 10.4. The van der Waals surface area contributed by atoms with Crippen molar-refractivity contribution in [3.8, 4) is 17.2 Å². The first-order chi connectivity index (χ1) is 15.0. The highest BCUT2D eigenvalue weighted by Gasteiger charge is 2.12. The summed E-state index contributed by atoms with van der Waals surface area (Å²) in [5, 5.41) is 2.90. The van der Waals surface area contributed by atoms with Crippen LogP contribution < -0.4 is 19.5 Å². The largest absolute Gasteiger partial charge is 0.493 e. The number of hydrogen-bond donors (Lipinski definition) is 1. The van der Waals surface area contributed by atoms with Crippen molar-refractivity contribution in [2.24, 2.45) is 5.92 Å². The van der Waals surface area contributed by atoms with E-state index in [-0.39, 0.29) is 5.91 Å². The molecule has 0 aliphatic carbocycles. The molecule has 5 nitrogen and oxygen atoms in total. The number of anilines is 1. The van der Waals surface area contributed by atoms with Crippen LogP contribution in [0.15, 0.2) is 72.8 Å². The molecule has 31 heavy (non-hydrogen) atoms. The average molecular weight is 420 g/mol. The predicted octanol–water partition coefficient (Wildman–Crippen LogP) is 5.95. The van der Waals surface area contributed by atoms with E-state index in [0.717, 1.165) is 17.7 Å². The van der Waals surface area contributed by atoms with Gasteiger partial charge >= 0.3 is 0 Å². The van der Waals surface area contributed by atoms with E-state index >= 15 is 0 Å². The van der Waals surface area contributed by atoms with Crippen LogP contribution in [0.3, 0.4) is 0 Å². The second kappa shape index (κ2) is 11.1. The number of nitrogens with one attached hydrogen (secondary N) is 1. The van der Waals surface area contributed by atoms with Crippen molar-refractivity contribution in [1.82, 2.24) is 0 Å². The lowest BCUT2D eigenvalue weighted by Gasteiger charge is -2.13. The van der Waals surface area contributed by atoms with Gasteiger partial charge in [0.1, 0.15) is 12.4 Å². The highest BCUT2D eigenvalue weighted by atomic mass is 16.5. The summed E-state index contributed by atoms with van der Waals surface area (Å²) >= 11 is 0. The molecule has 1 amide bonds. The first kappa shape index (κ1) is 22.2. The molecule has 0 unspecified atom stereocenters. The van der Waals surface area contributed by atoms with Gasteiger partial charge in [0.2, 0.25) is 0 Å². The molecule has 0 aliphatic heterocycles. The minimum absolute atomic E-state index is 0.218. The Morgan fingerprint density at radius 1 is 0.903 bits per heavy atom. The summed E-state index contributed by atoms with van der Waals surface area (Å²) in [4.78, 5) is 12.7. The third-order valence-electron chi connectivity index (χ3n) is 4.74. The van der Waals surface area contributed by atoms with Crippen molar-refractivity contribution in [2.75, 3.05) is 19.0 Å². The molecule has 0 aliphatic rings. The van der Waals surface area contributed by atoms with Crippen LogP contribution in [0.4, 0.5) is 5.69 Å². The van der Waals surface area contributed by atoms with Crippen molar-refractivity contribution in [3.63, 3.8) is 0 Å². The van der Waals surface area contributed by atoms with Gasteiger partial charge in [0.05, 0.1) is 13.7 Å². The Morgan fingerprint density at radius 2 is 1.65 bits per heavy atom. The quantitative estimate of drug-likeness (QED) is 0.441. The van der Waals surface area contributed by atoms with Crippen molar-refractivity contribution >= 4 is 11.6 Å². The third-order valence-corrected chi connectivity index (χ3v) is 4.74. The van der Waals surface area contributed by atoms with Crippen LogP contribution in [0, 0.1) is 5.92 Å². The summed E-state index contributed by atoms with van der Waals surface area (Å²) in [7, 11) is 1.57. The predicted molar refractivity (Wildman–Crippen MR) is 123 cm³/mol. The summed E-state index contributed by atoms with van der Waals surface area (Å²) in [6, 6.07) is 22.5. The fourth-order valence-electron chi connectivity index (χ4n) is 2.91. The van der Waals surface area contributed by atoms with Crippen LogP contribution >= 0.6 is 0 Å². The van der Waals surface area contributed by atoms with Crippen LogP contribution in [0.2, 0.25) is 0 Å². The van der Waals surface area contributed by atoms with Gasteiger partial charge in [-0.15, -0.1) is 0 Å². The molecule has 3 aromatic carbocycles. The zero-order valence-electron chi connectivity index (χ0n) is 18.3. The second-order valence-corrected chi connectivity index (χ2v) is 7.65. The lowest BCUT2D eigenvalue weighted by molar-refractivity contribution is 0.102. The summed E-state index contributed by atoms with van der Waals surface area (Å²) in [6.07, 6.45) is 0.955. The lowest BCUT2D eigenvalue weighted by atomic mass is 10.1. The SMILES string of the molecule is COc1cc(C(=O)Nc2ccc(OCc3ccccc3)cc2)ccc1OCCC(C)C. The standard InChI is InChI=1S/C26H29NO4/c1-19(2)15-16-30-24-14-9-21(17-25(24)29-3)26(28)27-22-10-12-23(13-11-22)31-18-20-7-5-4-6-8-20/h4-14,17,19H,15-16,18H2,1-3H3,(H,27,28). The molecule has 5 heteroatoms. The number of rotatable bonds is 10. The molecular weight excluding hydrogens is 390 g/mol. The number of carbonyl (C=O) groups is 1. The fraction of sp³-hybridized carbons (Fsp3) is 0.269. The molecule has 0 radical (unpaired) electrons. The maximum atomic E-state index is 12.7. The molecule has 0 saturated carbocycles. The van der Waals surface area contributed by atoms with E-state index in [4.69, 9.17) is 14.2 Å². The molecule has 0 spiro atoms. The number of carbonyl (C=O) groups excluding carboxylic acids is 1. The Labute approximate surface area is 184 Å². The molecule has 3 aromatic rings. The Balaban J connectivity index is 1.57. The van der Waals surface area contributed by atoms with Gasteiger partial charge in [0, 0.05) is 11.3 Å². The van der Waals surface area contributed by atoms with Crippen LogP contribution in [-0.2, 0) is 6.61 Å². The van der Waals surface area contributed by atoms with Gasteiger partial charge in [0.25, 0.3) is 5.91 Å². The highest BCUT2D eigenvalue weighted by molar-refractivity contribution is 6.04. The monoisotopic (exact) mass is 419 g/mol. The van der Waals surface area contributed by atoms with Gasteiger partial charge in [-0.3, -0.25) is 4.79 Å². The molecular formula is C26H29NO4. The fourth-order valence-corrected chi connectivity index (χ4v) is 2.91. The van der Waals surface area contributed by atoms with Crippen LogP contribution in [0.1, 0.15) is 36.2 Å². The van der Waals surface area contributed by atoms with Gasteiger partial charge in [-0.05, 0) is 60.4 Å². The molecule has 0 bridgehead atoms. The van der Waals surface area contributed by atoms with Crippen molar-refractivity contribution in [3.05, 3.63) is 83.9 Å². The van der Waals surface area contributed by atoms with E-state index in [1.165, 1.54) is 0 Å². The smallest absolute Gasteiger partial charge is 0.255 e. The van der Waals surface area contributed by atoms with Crippen molar-refractivity contribution in [2.45, 2.75) is 26.9 Å². The number of benzene rings is 3. The van der Waals surface area contributed by atoms with Crippen molar-refractivity contribution in [1.29, 1.82) is 0 Å². The normalized spacial score (nSPS) is 10.6. The average Bonchev–Trinajstić information content (AvgIpc) is 2.79. The number of amides is 1. The highest BCUT2D eigenvalue weighted by Crippen LogP contribution is 2.29. The number of hydrogen-bond acceptors (Lipinski definition) is 4. The molecule has 0 fully saturated rings. The molecule has 0 atom stereocenters. The van der Waals surface area contributed by atoms with Gasteiger partial charge in [-0.25, -0.2) is 0 Å². The molecule has 0 saturated heterocycles. The van der Waals surface area contributed by atoms with Gasteiger partial charge in [0.15, 0.2) is 11.5 Å². The molecule has 1 N–H and O–H groups in total.